The van der Waals surface area contributed by atoms with Crippen LogP contribution in [0.3, 0.4) is 0 Å². The number of rotatable bonds is 8. The molecule has 0 heterocycles. The highest BCUT2D eigenvalue weighted by Gasteiger charge is 2.05. The first-order chi connectivity index (χ1) is 11.4. The van der Waals surface area contributed by atoms with Gasteiger partial charge in [-0.05, 0) is 47.7 Å². The van der Waals surface area contributed by atoms with Gasteiger partial charge in [-0.3, -0.25) is 4.79 Å². The highest BCUT2D eigenvalue weighted by atomic mass is 16.5. The summed E-state index contributed by atoms with van der Waals surface area (Å²) < 4.78 is 11.5. The Morgan fingerprint density at radius 3 is 2.29 bits per heavy atom. The van der Waals surface area contributed by atoms with Crippen LogP contribution in [0.2, 0.25) is 0 Å². The second-order valence-electron chi connectivity index (χ2n) is 6.31. The molecule has 0 amide bonds. The Balaban J connectivity index is 1.92. The molecule has 0 aliphatic rings. The predicted octanol–water partition coefficient (Wildman–Crippen LogP) is 4.24. The van der Waals surface area contributed by atoms with Gasteiger partial charge in [0.05, 0.1) is 13.0 Å². The van der Waals surface area contributed by atoms with Crippen LogP contribution in [0.1, 0.15) is 30.5 Å². The third-order valence-corrected chi connectivity index (χ3v) is 3.50. The lowest BCUT2D eigenvalue weighted by Crippen LogP contribution is -2.04. The van der Waals surface area contributed by atoms with E-state index in [2.05, 4.69) is 13.8 Å². The fourth-order valence-electron chi connectivity index (χ4n) is 2.26. The van der Waals surface area contributed by atoms with Gasteiger partial charge in [0.1, 0.15) is 18.1 Å². The summed E-state index contributed by atoms with van der Waals surface area (Å²) in [4.78, 5) is 10.7. The quantitative estimate of drug-likeness (QED) is 0.787. The van der Waals surface area contributed by atoms with Crippen LogP contribution in [0.15, 0.2) is 42.5 Å². The molecule has 0 radical (unpaired) electrons. The molecule has 0 unspecified atom stereocenters. The number of aliphatic carboxylic acids is 1. The summed E-state index contributed by atoms with van der Waals surface area (Å²) >= 11 is 0. The second-order valence-corrected chi connectivity index (χ2v) is 6.31. The van der Waals surface area contributed by atoms with Crippen molar-refractivity contribution in [3.63, 3.8) is 0 Å². The van der Waals surface area contributed by atoms with Crippen molar-refractivity contribution in [1.29, 1.82) is 0 Å². The number of aryl methyl sites for hydroxylation is 1. The van der Waals surface area contributed by atoms with E-state index in [1.807, 2.05) is 43.3 Å². The van der Waals surface area contributed by atoms with Gasteiger partial charge in [0.2, 0.25) is 0 Å². The molecule has 0 bridgehead atoms. The van der Waals surface area contributed by atoms with E-state index < -0.39 is 5.97 Å². The summed E-state index contributed by atoms with van der Waals surface area (Å²) in [5.74, 6) is 1.30. The SMILES string of the molecule is Cc1cc(CC(=O)O)ccc1OCc1ccc(OCC(C)C)cc1. The zero-order valence-corrected chi connectivity index (χ0v) is 14.4. The lowest BCUT2D eigenvalue weighted by molar-refractivity contribution is -0.136. The van der Waals surface area contributed by atoms with E-state index in [0.29, 0.717) is 19.1 Å². The maximum absolute atomic E-state index is 10.7. The molecule has 2 aromatic carbocycles. The van der Waals surface area contributed by atoms with E-state index in [1.54, 1.807) is 6.07 Å². The van der Waals surface area contributed by atoms with E-state index in [0.717, 1.165) is 28.2 Å². The van der Waals surface area contributed by atoms with Gasteiger partial charge in [-0.2, -0.15) is 0 Å². The summed E-state index contributed by atoms with van der Waals surface area (Å²) in [6.07, 6.45) is 0.0267. The van der Waals surface area contributed by atoms with Crippen molar-refractivity contribution >= 4 is 5.97 Å². The molecule has 2 rings (SSSR count). The summed E-state index contributed by atoms with van der Waals surface area (Å²) in [6, 6.07) is 13.3. The molecule has 2 aromatic rings. The molecule has 0 aliphatic carbocycles. The van der Waals surface area contributed by atoms with Crippen LogP contribution >= 0.6 is 0 Å². The molecule has 0 aromatic heterocycles. The fraction of sp³-hybridized carbons (Fsp3) is 0.350. The summed E-state index contributed by atoms with van der Waals surface area (Å²) in [6.45, 7) is 7.32. The van der Waals surface area contributed by atoms with Crippen LogP contribution in [-0.4, -0.2) is 17.7 Å². The van der Waals surface area contributed by atoms with Gasteiger partial charge < -0.3 is 14.6 Å². The normalized spacial score (nSPS) is 10.7. The zero-order chi connectivity index (χ0) is 17.5. The third kappa shape index (κ3) is 5.61. The number of ether oxygens (including phenoxy) is 2. The van der Waals surface area contributed by atoms with Gasteiger partial charge >= 0.3 is 5.97 Å². The molecule has 0 fully saturated rings. The average Bonchev–Trinajstić information content (AvgIpc) is 2.52. The number of carboxylic acids is 1. The first-order valence-electron chi connectivity index (χ1n) is 8.10. The molecule has 0 aliphatic heterocycles. The number of carbonyl (C=O) groups is 1. The van der Waals surface area contributed by atoms with Crippen molar-refractivity contribution in [3.05, 3.63) is 59.2 Å². The molecule has 0 saturated heterocycles. The predicted molar refractivity (Wildman–Crippen MR) is 93.6 cm³/mol. The fourth-order valence-corrected chi connectivity index (χ4v) is 2.26. The Morgan fingerprint density at radius 2 is 1.71 bits per heavy atom. The van der Waals surface area contributed by atoms with Crippen LogP contribution < -0.4 is 9.47 Å². The number of carboxylic acid groups (broad SMARTS) is 1. The zero-order valence-electron chi connectivity index (χ0n) is 14.4. The van der Waals surface area contributed by atoms with Gasteiger partial charge in [0.25, 0.3) is 0 Å². The van der Waals surface area contributed by atoms with Crippen molar-refractivity contribution < 1.29 is 19.4 Å². The largest absolute Gasteiger partial charge is 0.493 e. The van der Waals surface area contributed by atoms with Crippen LogP contribution in [0.5, 0.6) is 11.5 Å². The van der Waals surface area contributed by atoms with Crippen LogP contribution in [0.4, 0.5) is 0 Å². The maximum Gasteiger partial charge on any atom is 0.307 e. The van der Waals surface area contributed by atoms with Crippen molar-refractivity contribution in [2.45, 2.75) is 33.8 Å². The minimum Gasteiger partial charge on any atom is -0.493 e. The highest BCUT2D eigenvalue weighted by molar-refractivity contribution is 5.70. The van der Waals surface area contributed by atoms with Crippen molar-refractivity contribution in [1.82, 2.24) is 0 Å². The Bertz CT molecular complexity index is 675. The molecule has 0 atom stereocenters. The summed E-state index contributed by atoms with van der Waals surface area (Å²) in [5.41, 5.74) is 2.77. The molecular weight excluding hydrogens is 304 g/mol. The minimum absolute atomic E-state index is 0.0267. The first kappa shape index (κ1) is 17.9. The average molecular weight is 328 g/mol. The van der Waals surface area contributed by atoms with Crippen LogP contribution in [0.25, 0.3) is 0 Å². The van der Waals surface area contributed by atoms with Gasteiger partial charge in [-0.15, -0.1) is 0 Å². The number of benzene rings is 2. The minimum atomic E-state index is -0.831. The first-order valence-corrected chi connectivity index (χ1v) is 8.10. The van der Waals surface area contributed by atoms with E-state index in [4.69, 9.17) is 14.6 Å². The molecular formula is C20H24O4. The molecule has 0 saturated carbocycles. The van der Waals surface area contributed by atoms with Crippen molar-refractivity contribution in [2.24, 2.45) is 5.92 Å². The number of hydrogen-bond donors (Lipinski definition) is 1. The highest BCUT2D eigenvalue weighted by Crippen LogP contribution is 2.21. The van der Waals surface area contributed by atoms with Crippen molar-refractivity contribution in [3.8, 4) is 11.5 Å². The smallest absolute Gasteiger partial charge is 0.307 e. The van der Waals surface area contributed by atoms with Gasteiger partial charge in [-0.1, -0.05) is 38.1 Å². The second kappa shape index (κ2) is 8.39. The Morgan fingerprint density at radius 1 is 1.04 bits per heavy atom. The Hall–Kier alpha value is -2.49. The lowest BCUT2D eigenvalue weighted by atomic mass is 10.1. The number of hydrogen-bond acceptors (Lipinski definition) is 3. The van der Waals surface area contributed by atoms with Gasteiger partial charge in [0, 0.05) is 0 Å². The Kier molecular flexibility index (Phi) is 6.24. The maximum atomic E-state index is 10.7. The summed E-state index contributed by atoms with van der Waals surface area (Å²) in [5, 5.41) is 8.83. The molecule has 4 heteroatoms. The standard InChI is InChI=1S/C20H24O4/c1-14(2)12-23-18-7-4-16(5-8-18)13-24-19-9-6-17(10-15(19)3)11-20(21)22/h4-10,14H,11-13H2,1-3H3,(H,21,22). The van der Waals surface area contributed by atoms with Crippen molar-refractivity contribution in [2.75, 3.05) is 6.61 Å². The summed E-state index contributed by atoms with van der Waals surface area (Å²) in [7, 11) is 0. The van der Waals surface area contributed by atoms with E-state index in [1.165, 1.54) is 0 Å². The topological polar surface area (TPSA) is 55.8 Å². The monoisotopic (exact) mass is 328 g/mol. The van der Waals surface area contributed by atoms with Crippen LogP contribution in [-0.2, 0) is 17.8 Å². The Labute approximate surface area is 143 Å². The van der Waals surface area contributed by atoms with Crippen LogP contribution in [0, 0.1) is 12.8 Å². The van der Waals surface area contributed by atoms with E-state index in [9.17, 15) is 4.79 Å². The molecule has 128 valence electrons. The molecule has 4 nitrogen and oxygen atoms in total. The van der Waals surface area contributed by atoms with Gasteiger partial charge in [-0.25, -0.2) is 0 Å². The third-order valence-electron chi connectivity index (χ3n) is 3.50. The van der Waals surface area contributed by atoms with Gasteiger partial charge in [0.15, 0.2) is 0 Å². The molecule has 0 spiro atoms. The molecule has 1 N–H and O–H groups in total. The lowest BCUT2D eigenvalue weighted by Gasteiger charge is -2.12. The molecule has 24 heavy (non-hydrogen) atoms. The van der Waals surface area contributed by atoms with E-state index in [-0.39, 0.29) is 6.42 Å². The van der Waals surface area contributed by atoms with E-state index >= 15 is 0 Å².